The Morgan fingerprint density at radius 1 is 1.53 bits per heavy atom. The highest BCUT2D eigenvalue weighted by atomic mass is 16.5. The van der Waals surface area contributed by atoms with E-state index in [4.69, 9.17) is 9.47 Å². The third-order valence-electron chi connectivity index (χ3n) is 3.00. The number of carboxylic acid groups (broad SMARTS) is 1. The highest BCUT2D eigenvalue weighted by Gasteiger charge is 2.44. The number of amides is 2. The molecule has 1 aliphatic heterocycles. The quantitative estimate of drug-likeness (QED) is 0.727. The Balaban J connectivity index is 2.46. The number of carbonyl (C=O) groups excluding carboxylic acids is 1. The molecular formula is C12H22N2O5. The Labute approximate surface area is 112 Å². The molecule has 1 rings (SSSR count). The molecule has 2 amide bonds. The number of aliphatic carboxylic acids is 1. The predicted octanol–water partition coefficient (Wildman–Crippen LogP) is 0.297. The van der Waals surface area contributed by atoms with Crippen LogP contribution >= 0.6 is 0 Å². The number of rotatable bonds is 6. The molecule has 2 N–H and O–H groups in total. The molecule has 7 nitrogen and oxygen atoms in total. The average molecular weight is 274 g/mol. The molecule has 0 aromatic rings. The van der Waals surface area contributed by atoms with Crippen LogP contribution in [0.3, 0.4) is 0 Å². The smallest absolute Gasteiger partial charge is 0.332 e. The van der Waals surface area contributed by atoms with Gasteiger partial charge >= 0.3 is 12.0 Å². The first-order valence-electron chi connectivity index (χ1n) is 6.33. The fourth-order valence-corrected chi connectivity index (χ4v) is 1.71. The summed E-state index contributed by atoms with van der Waals surface area (Å²) in [6.07, 6.45) is 0.384. The Bertz CT molecular complexity index is 326. The second-order valence-corrected chi connectivity index (χ2v) is 4.96. The largest absolute Gasteiger partial charge is 0.479 e. The summed E-state index contributed by atoms with van der Waals surface area (Å²) in [5.41, 5.74) is -1.30. The molecule has 7 heteroatoms. The number of hydrogen-bond acceptors (Lipinski definition) is 4. The van der Waals surface area contributed by atoms with Crippen molar-refractivity contribution in [1.29, 1.82) is 0 Å². The lowest BCUT2D eigenvalue weighted by atomic mass is 9.99. The summed E-state index contributed by atoms with van der Waals surface area (Å²) in [6.45, 7) is 4.99. The molecule has 1 heterocycles. The van der Waals surface area contributed by atoms with Crippen LogP contribution < -0.4 is 5.32 Å². The first kappa shape index (κ1) is 15.7. The number of hydrogen-bond donors (Lipinski definition) is 2. The maximum Gasteiger partial charge on any atom is 0.332 e. The lowest BCUT2D eigenvalue weighted by molar-refractivity contribution is -0.144. The molecule has 1 atom stereocenters. The van der Waals surface area contributed by atoms with Crippen LogP contribution in [0.1, 0.15) is 20.3 Å². The van der Waals surface area contributed by atoms with Crippen LogP contribution in [0.4, 0.5) is 4.79 Å². The fourth-order valence-electron chi connectivity index (χ4n) is 1.71. The molecule has 110 valence electrons. The molecule has 1 fully saturated rings. The molecular weight excluding hydrogens is 252 g/mol. The van der Waals surface area contributed by atoms with Crippen molar-refractivity contribution >= 4 is 12.0 Å². The van der Waals surface area contributed by atoms with Gasteiger partial charge in [-0.1, -0.05) is 0 Å². The van der Waals surface area contributed by atoms with Crippen molar-refractivity contribution in [2.75, 3.05) is 33.4 Å². The van der Waals surface area contributed by atoms with Crippen LogP contribution in [-0.2, 0) is 14.3 Å². The first-order chi connectivity index (χ1) is 8.87. The lowest BCUT2D eigenvalue weighted by Gasteiger charge is -2.27. The number of carbonyl (C=O) groups is 2. The minimum Gasteiger partial charge on any atom is -0.479 e. The zero-order valence-corrected chi connectivity index (χ0v) is 11.6. The summed E-state index contributed by atoms with van der Waals surface area (Å²) in [4.78, 5) is 24.6. The van der Waals surface area contributed by atoms with Gasteiger partial charge in [0.15, 0.2) is 5.54 Å². The summed E-state index contributed by atoms with van der Waals surface area (Å²) in [7, 11) is 1.60. The molecule has 1 saturated heterocycles. The van der Waals surface area contributed by atoms with Crippen molar-refractivity contribution in [1.82, 2.24) is 10.2 Å². The molecule has 0 aromatic heterocycles. The molecule has 0 bridgehead atoms. The van der Waals surface area contributed by atoms with Gasteiger partial charge in [-0.25, -0.2) is 9.59 Å². The number of carboxylic acids is 1. The van der Waals surface area contributed by atoms with Gasteiger partial charge in [0.25, 0.3) is 0 Å². The van der Waals surface area contributed by atoms with E-state index in [0.29, 0.717) is 19.8 Å². The third-order valence-corrected chi connectivity index (χ3v) is 3.00. The molecule has 0 aromatic carbocycles. The monoisotopic (exact) mass is 274 g/mol. The van der Waals surface area contributed by atoms with Gasteiger partial charge in [0.1, 0.15) is 0 Å². The third kappa shape index (κ3) is 4.36. The second-order valence-electron chi connectivity index (χ2n) is 4.96. The zero-order chi connectivity index (χ0) is 14.5. The minimum absolute atomic E-state index is 0.00437. The van der Waals surface area contributed by atoms with E-state index in [-0.39, 0.29) is 19.1 Å². The molecule has 0 radical (unpaired) electrons. The van der Waals surface area contributed by atoms with E-state index in [9.17, 15) is 14.7 Å². The van der Waals surface area contributed by atoms with E-state index in [2.05, 4.69) is 5.32 Å². The maximum atomic E-state index is 11.9. The summed E-state index contributed by atoms with van der Waals surface area (Å²) >= 11 is 0. The number of likely N-dealkylation sites (N-methyl/N-ethyl adjacent to an activating group) is 1. The molecule has 1 aliphatic rings. The van der Waals surface area contributed by atoms with Crippen molar-refractivity contribution < 1.29 is 24.2 Å². The van der Waals surface area contributed by atoms with Crippen LogP contribution in [0, 0.1) is 0 Å². The highest BCUT2D eigenvalue weighted by molar-refractivity contribution is 5.86. The van der Waals surface area contributed by atoms with E-state index in [1.807, 2.05) is 13.8 Å². The van der Waals surface area contributed by atoms with Crippen LogP contribution in [0.5, 0.6) is 0 Å². The van der Waals surface area contributed by atoms with Gasteiger partial charge in [-0.2, -0.15) is 0 Å². The highest BCUT2D eigenvalue weighted by Crippen LogP contribution is 2.19. The Hall–Kier alpha value is -1.34. The van der Waals surface area contributed by atoms with Crippen LogP contribution in [0.15, 0.2) is 0 Å². The summed E-state index contributed by atoms with van der Waals surface area (Å²) in [6, 6.07) is -0.430. The molecule has 1 unspecified atom stereocenters. The van der Waals surface area contributed by atoms with Gasteiger partial charge in [0.2, 0.25) is 0 Å². The van der Waals surface area contributed by atoms with Gasteiger partial charge in [-0.3, -0.25) is 0 Å². The van der Waals surface area contributed by atoms with Gasteiger partial charge < -0.3 is 24.8 Å². The van der Waals surface area contributed by atoms with Crippen molar-refractivity contribution in [2.45, 2.75) is 31.9 Å². The Morgan fingerprint density at radius 2 is 2.21 bits per heavy atom. The van der Waals surface area contributed by atoms with Gasteiger partial charge in [-0.15, -0.1) is 0 Å². The van der Waals surface area contributed by atoms with E-state index < -0.39 is 17.5 Å². The lowest BCUT2D eigenvalue weighted by Crippen LogP contribution is -2.58. The average Bonchev–Trinajstić information content (AvgIpc) is 2.78. The number of ether oxygens (including phenoxy) is 2. The van der Waals surface area contributed by atoms with Crippen molar-refractivity contribution in [3.8, 4) is 0 Å². The SMILES string of the molecule is CC(C)OCCN(C)C(=O)NC1(C(=O)O)CCOC1. The van der Waals surface area contributed by atoms with Crippen molar-refractivity contribution in [3.05, 3.63) is 0 Å². The zero-order valence-electron chi connectivity index (χ0n) is 11.6. The van der Waals surface area contributed by atoms with Crippen molar-refractivity contribution in [2.24, 2.45) is 0 Å². The summed E-state index contributed by atoms with van der Waals surface area (Å²) in [5.74, 6) is -1.06. The Morgan fingerprint density at radius 3 is 2.68 bits per heavy atom. The second kappa shape index (κ2) is 6.72. The van der Waals surface area contributed by atoms with Gasteiger partial charge in [-0.05, 0) is 13.8 Å². The predicted molar refractivity (Wildman–Crippen MR) is 68.1 cm³/mol. The topological polar surface area (TPSA) is 88.1 Å². The normalized spacial score (nSPS) is 22.5. The van der Waals surface area contributed by atoms with Gasteiger partial charge in [0.05, 0.1) is 19.3 Å². The minimum atomic E-state index is -1.30. The molecule has 19 heavy (non-hydrogen) atoms. The van der Waals surface area contributed by atoms with E-state index in [1.165, 1.54) is 4.90 Å². The number of nitrogens with zero attached hydrogens (tertiary/aromatic N) is 1. The standard InChI is InChI=1S/C12H22N2O5/c1-9(2)19-7-5-14(3)11(17)13-12(10(15)16)4-6-18-8-12/h9H,4-8H2,1-3H3,(H,13,17)(H,15,16). The van der Waals surface area contributed by atoms with E-state index >= 15 is 0 Å². The van der Waals surface area contributed by atoms with E-state index in [1.54, 1.807) is 7.05 Å². The number of urea groups is 1. The first-order valence-corrected chi connectivity index (χ1v) is 6.33. The van der Waals surface area contributed by atoms with Crippen LogP contribution in [-0.4, -0.2) is 67.1 Å². The van der Waals surface area contributed by atoms with Crippen LogP contribution in [0.25, 0.3) is 0 Å². The Kier molecular flexibility index (Phi) is 5.56. The summed E-state index contributed by atoms with van der Waals surface area (Å²) < 4.78 is 10.4. The van der Waals surface area contributed by atoms with Crippen LogP contribution in [0.2, 0.25) is 0 Å². The molecule has 0 saturated carbocycles. The fraction of sp³-hybridized carbons (Fsp3) is 0.833. The molecule has 0 spiro atoms. The number of nitrogens with one attached hydrogen (secondary N) is 1. The van der Waals surface area contributed by atoms with Crippen molar-refractivity contribution in [3.63, 3.8) is 0 Å². The van der Waals surface area contributed by atoms with Gasteiger partial charge in [0, 0.05) is 26.6 Å². The van der Waals surface area contributed by atoms with E-state index in [0.717, 1.165) is 0 Å². The maximum absolute atomic E-state index is 11.9. The molecule has 0 aliphatic carbocycles. The summed E-state index contributed by atoms with van der Waals surface area (Å²) in [5, 5.41) is 11.7.